The summed E-state index contributed by atoms with van der Waals surface area (Å²) in [5.74, 6) is -1.11. The van der Waals surface area contributed by atoms with Crippen molar-refractivity contribution in [3.63, 3.8) is 0 Å². The second-order valence-corrected chi connectivity index (χ2v) is 15.5. The summed E-state index contributed by atoms with van der Waals surface area (Å²) in [6.07, 6.45) is 0.211. The molecular formula is C25H41NO5Si. The summed E-state index contributed by atoms with van der Waals surface area (Å²) in [5.41, 5.74) is 1.04. The van der Waals surface area contributed by atoms with Gasteiger partial charge in [-0.2, -0.15) is 0 Å². The van der Waals surface area contributed by atoms with Gasteiger partial charge in [0.15, 0.2) is 8.32 Å². The molecule has 1 aliphatic heterocycles. The second kappa shape index (κ2) is 10.9. The zero-order valence-corrected chi connectivity index (χ0v) is 21.8. The Morgan fingerprint density at radius 1 is 1.25 bits per heavy atom. The molecule has 0 saturated carbocycles. The van der Waals surface area contributed by atoms with Crippen LogP contribution in [-0.4, -0.2) is 55.7 Å². The smallest absolute Gasteiger partial charge is 0.416 e. The highest BCUT2D eigenvalue weighted by molar-refractivity contribution is 6.74. The zero-order chi connectivity index (χ0) is 24.1. The number of nitrogens with zero attached hydrogens (tertiary/aromatic N) is 1. The topological polar surface area (TPSA) is 76.1 Å². The Labute approximate surface area is 194 Å². The lowest BCUT2D eigenvalue weighted by molar-refractivity contribution is -0.139. The number of aliphatic hydroxyl groups is 1. The molecule has 0 aliphatic carbocycles. The fourth-order valence-corrected chi connectivity index (χ4v) is 4.93. The monoisotopic (exact) mass is 463 g/mol. The number of imide groups is 1. The molecule has 1 saturated heterocycles. The van der Waals surface area contributed by atoms with Gasteiger partial charge in [0.1, 0.15) is 6.61 Å². The lowest BCUT2D eigenvalue weighted by Gasteiger charge is -2.36. The van der Waals surface area contributed by atoms with Crippen LogP contribution in [0.1, 0.15) is 53.0 Å². The van der Waals surface area contributed by atoms with Crippen molar-refractivity contribution in [3.8, 4) is 0 Å². The second-order valence-electron chi connectivity index (χ2n) is 10.7. The first-order valence-corrected chi connectivity index (χ1v) is 14.6. The Bertz CT molecular complexity index is 759. The number of carbonyl (C=O) groups excluding carboxylic acids is 2. The minimum absolute atomic E-state index is 0.107. The normalized spacial score (nSPS) is 19.2. The highest BCUT2D eigenvalue weighted by Crippen LogP contribution is 2.36. The molecule has 0 radical (unpaired) electrons. The maximum atomic E-state index is 13.4. The van der Waals surface area contributed by atoms with Gasteiger partial charge in [0, 0.05) is 6.61 Å². The fourth-order valence-electron chi connectivity index (χ4n) is 3.84. The van der Waals surface area contributed by atoms with Crippen molar-refractivity contribution >= 4 is 20.3 Å². The van der Waals surface area contributed by atoms with Crippen LogP contribution in [0.15, 0.2) is 30.3 Å². The van der Waals surface area contributed by atoms with Crippen molar-refractivity contribution in [2.75, 3.05) is 13.2 Å². The molecule has 1 aliphatic rings. The molecule has 7 heteroatoms. The van der Waals surface area contributed by atoms with E-state index in [-0.39, 0.29) is 29.5 Å². The third kappa shape index (κ3) is 6.65. The fraction of sp³-hybridized carbons (Fsp3) is 0.680. The number of rotatable bonds is 10. The summed E-state index contributed by atoms with van der Waals surface area (Å²) in [4.78, 5) is 27.0. The van der Waals surface area contributed by atoms with E-state index in [4.69, 9.17) is 9.16 Å². The van der Waals surface area contributed by atoms with E-state index in [0.29, 0.717) is 25.9 Å². The van der Waals surface area contributed by atoms with Crippen molar-refractivity contribution in [1.29, 1.82) is 0 Å². The average molecular weight is 464 g/mol. The first-order chi connectivity index (χ1) is 14.8. The van der Waals surface area contributed by atoms with Gasteiger partial charge in [0.05, 0.1) is 18.1 Å². The minimum Gasteiger partial charge on any atom is -0.447 e. The Morgan fingerprint density at radius 3 is 2.44 bits per heavy atom. The van der Waals surface area contributed by atoms with Gasteiger partial charge in [0.25, 0.3) is 0 Å². The van der Waals surface area contributed by atoms with E-state index < -0.39 is 26.4 Å². The predicted molar refractivity (Wildman–Crippen MR) is 129 cm³/mol. The van der Waals surface area contributed by atoms with Gasteiger partial charge in [-0.15, -0.1) is 0 Å². The average Bonchev–Trinajstić information content (AvgIpc) is 3.05. The van der Waals surface area contributed by atoms with Gasteiger partial charge >= 0.3 is 6.09 Å². The number of hydrogen-bond donors (Lipinski definition) is 1. The van der Waals surface area contributed by atoms with Gasteiger partial charge in [-0.25, -0.2) is 9.69 Å². The van der Waals surface area contributed by atoms with E-state index >= 15 is 0 Å². The first-order valence-electron chi connectivity index (χ1n) is 11.7. The number of ether oxygens (including phenoxy) is 1. The predicted octanol–water partition coefficient (Wildman–Crippen LogP) is 5.01. The third-order valence-electron chi connectivity index (χ3n) is 6.84. The molecule has 1 fully saturated rings. The standard InChI is InChI=1S/C25H41NO5Si/c1-18(2)22(21(27)14-11-15-31-32(6,7)25(3,4)5)23(28)26-20(17-30-24(26)29)16-19-12-9-8-10-13-19/h8-10,12-13,18,20-22,27H,11,14-17H2,1-7H3/t20-,21+,22-/m1/s1. The maximum absolute atomic E-state index is 13.4. The lowest BCUT2D eigenvalue weighted by atomic mass is 9.86. The molecule has 180 valence electrons. The zero-order valence-electron chi connectivity index (χ0n) is 20.8. The van der Waals surface area contributed by atoms with Gasteiger partial charge in [-0.1, -0.05) is 65.0 Å². The van der Waals surface area contributed by atoms with Crippen LogP contribution in [-0.2, 0) is 20.4 Å². The summed E-state index contributed by atoms with van der Waals surface area (Å²) in [7, 11) is -1.84. The summed E-state index contributed by atoms with van der Waals surface area (Å²) in [6, 6.07) is 9.40. The Kier molecular flexibility index (Phi) is 9.08. The first kappa shape index (κ1) is 26.5. The number of carbonyl (C=O) groups is 2. The van der Waals surface area contributed by atoms with Crippen molar-refractivity contribution in [2.24, 2.45) is 11.8 Å². The van der Waals surface area contributed by atoms with Gasteiger partial charge in [-0.3, -0.25) is 4.79 Å². The molecule has 2 amide bonds. The van der Waals surface area contributed by atoms with Crippen LogP contribution in [0.4, 0.5) is 4.79 Å². The Hall–Kier alpha value is -1.70. The van der Waals surface area contributed by atoms with E-state index in [9.17, 15) is 14.7 Å². The van der Waals surface area contributed by atoms with Crippen LogP contribution < -0.4 is 0 Å². The largest absolute Gasteiger partial charge is 0.447 e. The molecule has 1 heterocycles. The van der Waals surface area contributed by atoms with Gasteiger partial charge in [0.2, 0.25) is 5.91 Å². The maximum Gasteiger partial charge on any atom is 0.416 e. The molecule has 0 unspecified atom stereocenters. The van der Waals surface area contributed by atoms with Crippen LogP contribution in [0, 0.1) is 11.8 Å². The molecule has 1 aromatic rings. The van der Waals surface area contributed by atoms with E-state index in [1.807, 2.05) is 44.2 Å². The van der Waals surface area contributed by atoms with E-state index in [2.05, 4.69) is 33.9 Å². The van der Waals surface area contributed by atoms with Crippen molar-refractivity contribution in [3.05, 3.63) is 35.9 Å². The molecule has 2 rings (SSSR count). The van der Waals surface area contributed by atoms with Crippen LogP contribution in [0.5, 0.6) is 0 Å². The summed E-state index contributed by atoms with van der Waals surface area (Å²) < 4.78 is 11.4. The lowest BCUT2D eigenvalue weighted by Crippen LogP contribution is -2.48. The Balaban J connectivity index is 2.01. The molecule has 3 atom stereocenters. The van der Waals surface area contributed by atoms with Crippen LogP contribution in [0.25, 0.3) is 0 Å². The van der Waals surface area contributed by atoms with Crippen molar-refractivity contribution in [1.82, 2.24) is 4.90 Å². The quantitative estimate of drug-likeness (QED) is 0.390. The van der Waals surface area contributed by atoms with Gasteiger partial charge in [-0.05, 0) is 48.9 Å². The number of benzene rings is 1. The van der Waals surface area contributed by atoms with Gasteiger partial charge < -0.3 is 14.3 Å². The SMILES string of the molecule is CC(C)[C@@H](C(=O)N1C(=O)OC[C@H]1Cc1ccccc1)[C@@H](O)CCCO[Si](C)(C)C(C)(C)C. The number of aliphatic hydroxyl groups excluding tert-OH is 1. The molecule has 0 bridgehead atoms. The molecule has 32 heavy (non-hydrogen) atoms. The highest BCUT2D eigenvalue weighted by Gasteiger charge is 2.43. The van der Waals surface area contributed by atoms with E-state index in [0.717, 1.165) is 5.56 Å². The molecular weight excluding hydrogens is 422 g/mol. The number of hydrogen-bond acceptors (Lipinski definition) is 5. The Morgan fingerprint density at radius 2 is 1.88 bits per heavy atom. The van der Waals surface area contributed by atoms with E-state index in [1.165, 1.54) is 4.90 Å². The molecule has 1 aromatic carbocycles. The summed E-state index contributed by atoms with van der Waals surface area (Å²) >= 11 is 0. The molecule has 1 N–H and O–H groups in total. The number of amides is 2. The van der Waals surface area contributed by atoms with Crippen LogP contribution in [0.3, 0.4) is 0 Å². The molecule has 6 nitrogen and oxygen atoms in total. The number of cyclic esters (lactones) is 1. The molecule has 0 spiro atoms. The molecule has 0 aromatic heterocycles. The third-order valence-corrected chi connectivity index (χ3v) is 11.4. The summed E-state index contributed by atoms with van der Waals surface area (Å²) in [5, 5.41) is 11.0. The van der Waals surface area contributed by atoms with Crippen LogP contribution in [0.2, 0.25) is 18.1 Å². The minimum atomic E-state index is -1.84. The van der Waals surface area contributed by atoms with Crippen LogP contribution >= 0.6 is 0 Å². The highest BCUT2D eigenvalue weighted by atomic mass is 28.4. The van der Waals surface area contributed by atoms with Crippen molar-refractivity contribution in [2.45, 2.75) is 84.2 Å². The van der Waals surface area contributed by atoms with E-state index in [1.54, 1.807) is 0 Å². The summed E-state index contributed by atoms with van der Waals surface area (Å²) in [6.45, 7) is 15.6. The van der Waals surface area contributed by atoms with Crippen molar-refractivity contribution < 1.29 is 23.9 Å².